The van der Waals surface area contributed by atoms with Crippen LogP contribution < -0.4 is 14.8 Å². The highest BCUT2D eigenvalue weighted by molar-refractivity contribution is 5.29. The van der Waals surface area contributed by atoms with Crippen molar-refractivity contribution in [1.82, 2.24) is 5.32 Å². The van der Waals surface area contributed by atoms with Gasteiger partial charge in [-0.05, 0) is 61.7 Å². The van der Waals surface area contributed by atoms with Gasteiger partial charge in [0.25, 0.3) is 0 Å². The Labute approximate surface area is 139 Å². The van der Waals surface area contributed by atoms with Gasteiger partial charge in [-0.15, -0.1) is 0 Å². The molecule has 0 atom stereocenters. The number of benzene rings is 2. The third-order valence-electron chi connectivity index (χ3n) is 3.50. The van der Waals surface area contributed by atoms with Crippen LogP contribution in [0.15, 0.2) is 48.5 Å². The zero-order chi connectivity index (χ0) is 16.3. The maximum atomic E-state index is 5.67. The molecule has 0 bridgehead atoms. The minimum atomic E-state index is 0.706. The quantitative estimate of drug-likeness (QED) is 0.667. The smallest absolute Gasteiger partial charge is 0.119 e. The van der Waals surface area contributed by atoms with E-state index in [2.05, 4.69) is 42.6 Å². The fourth-order valence-electron chi connectivity index (χ4n) is 2.39. The Kier molecular flexibility index (Phi) is 7.47. The molecular weight excluding hydrogens is 286 g/mol. The second-order valence-corrected chi connectivity index (χ2v) is 5.50. The third kappa shape index (κ3) is 6.33. The van der Waals surface area contributed by atoms with E-state index in [0.29, 0.717) is 6.61 Å². The molecule has 1 N–H and O–H groups in total. The van der Waals surface area contributed by atoms with Crippen LogP contribution in [0, 0.1) is 0 Å². The van der Waals surface area contributed by atoms with Crippen LogP contribution in [-0.2, 0) is 13.0 Å². The Balaban J connectivity index is 1.75. The van der Waals surface area contributed by atoms with Crippen LogP contribution in [0.2, 0.25) is 0 Å². The second-order valence-electron chi connectivity index (χ2n) is 5.50. The van der Waals surface area contributed by atoms with Crippen LogP contribution in [0.4, 0.5) is 0 Å². The maximum absolute atomic E-state index is 5.67. The predicted octanol–water partition coefficient (Wildman–Crippen LogP) is 4.21. The van der Waals surface area contributed by atoms with Crippen molar-refractivity contribution in [1.29, 1.82) is 0 Å². The number of rotatable bonds is 10. The summed E-state index contributed by atoms with van der Waals surface area (Å²) >= 11 is 0. The molecule has 2 aromatic rings. The Morgan fingerprint density at radius 1 is 0.870 bits per heavy atom. The molecular formula is C20H27NO2. The molecule has 0 fully saturated rings. The molecule has 0 amide bonds. The first-order valence-corrected chi connectivity index (χ1v) is 8.46. The van der Waals surface area contributed by atoms with Gasteiger partial charge in [-0.1, -0.05) is 31.2 Å². The number of ether oxygens (including phenoxy) is 2. The van der Waals surface area contributed by atoms with Crippen LogP contribution in [-0.4, -0.2) is 19.8 Å². The minimum Gasteiger partial charge on any atom is -0.494 e. The Bertz CT molecular complexity index is 583. The average Bonchev–Trinajstić information content (AvgIpc) is 2.58. The summed E-state index contributed by atoms with van der Waals surface area (Å²) in [4.78, 5) is 0. The number of hydrogen-bond donors (Lipinski definition) is 1. The normalized spacial score (nSPS) is 10.5. The third-order valence-corrected chi connectivity index (χ3v) is 3.50. The standard InChI is InChI=1S/C20H27NO2/c1-3-13-23-20-10-6-8-18(15-20)16-21-12-11-17-7-5-9-19(14-17)22-4-2/h5-10,14-15,21H,3-4,11-13,16H2,1-2H3. The van der Waals surface area contributed by atoms with E-state index in [4.69, 9.17) is 9.47 Å². The van der Waals surface area contributed by atoms with Crippen molar-refractivity contribution >= 4 is 0 Å². The highest BCUT2D eigenvalue weighted by atomic mass is 16.5. The highest BCUT2D eigenvalue weighted by Gasteiger charge is 1.99. The van der Waals surface area contributed by atoms with E-state index in [1.54, 1.807) is 0 Å². The SMILES string of the molecule is CCCOc1cccc(CNCCc2cccc(OCC)c2)c1. The van der Waals surface area contributed by atoms with Gasteiger partial charge in [0.15, 0.2) is 0 Å². The molecule has 0 aromatic heterocycles. The van der Waals surface area contributed by atoms with Crippen molar-refractivity contribution in [2.75, 3.05) is 19.8 Å². The first-order chi connectivity index (χ1) is 11.3. The van der Waals surface area contributed by atoms with E-state index in [1.807, 2.05) is 25.1 Å². The van der Waals surface area contributed by atoms with Crippen LogP contribution in [0.1, 0.15) is 31.4 Å². The Hall–Kier alpha value is -2.00. The van der Waals surface area contributed by atoms with Crippen LogP contribution in [0.5, 0.6) is 11.5 Å². The van der Waals surface area contributed by atoms with Crippen molar-refractivity contribution in [3.05, 3.63) is 59.7 Å². The summed E-state index contributed by atoms with van der Waals surface area (Å²) in [6.07, 6.45) is 2.02. The van der Waals surface area contributed by atoms with E-state index < -0.39 is 0 Å². The summed E-state index contributed by atoms with van der Waals surface area (Å²) in [7, 11) is 0. The van der Waals surface area contributed by atoms with Crippen LogP contribution in [0.3, 0.4) is 0 Å². The molecule has 3 heteroatoms. The molecule has 3 nitrogen and oxygen atoms in total. The zero-order valence-corrected chi connectivity index (χ0v) is 14.2. The molecule has 2 rings (SSSR count). The van der Waals surface area contributed by atoms with Crippen LogP contribution in [0.25, 0.3) is 0 Å². The van der Waals surface area contributed by atoms with Gasteiger partial charge in [0.1, 0.15) is 11.5 Å². The van der Waals surface area contributed by atoms with E-state index in [1.165, 1.54) is 11.1 Å². The summed E-state index contributed by atoms with van der Waals surface area (Å²) in [5.41, 5.74) is 2.55. The molecule has 0 radical (unpaired) electrons. The van der Waals surface area contributed by atoms with E-state index >= 15 is 0 Å². The van der Waals surface area contributed by atoms with Gasteiger partial charge in [-0.3, -0.25) is 0 Å². The monoisotopic (exact) mass is 313 g/mol. The molecule has 0 spiro atoms. The van der Waals surface area contributed by atoms with Crippen molar-refractivity contribution in [3.63, 3.8) is 0 Å². The molecule has 0 aliphatic rings. The molecule has 0 aliphatic carbocycles. The fraction of sp³-hybridized carbons (Fsp3) is 0.400. The maximum Gasteiger partial charge on any atom is 0.119 e. The summed E-state index contributed by atoms with van der Waals surface area (Å²) in [5.74, 6) is 1.90. The van der Waals surface area contributed by atoms with Crippen LogP contribution >= 0.6 is 0 Å². The van der Waals surface area contributed by atoms with Gasteiger partial charge in [0.05, 0.1) is 13.2 Å². The lowest BCUT2D eigenvalue weighted by Crippen LogP contribution is -2.16. The Morgan fingerprint density at radius 3 is 2.30 bits per heavy atom. The Morgan fingerprint density at radius 2 is 1.57 bits per heavy atom. The summed E-state index contributed by atoms with van der Waals surface area (Å²) in [5, 5.41) is 3.49. The van der Waals surface area contributed by atoms with Crippen molar-refractivity contribution < 1.29 is 9.47 Å². The zero-order valence-electron chi connectivity index (χ0n) is 14.2. The number of hydrogen-bond acceptors (Lipinski definition) is 3. The lowest BCUT2D eigenvalue weighted by atomic mass is 10.1. The highest BCUT2D eigenvalue weighted by Crippen LogP contribution is 2.14. The summed E-state index contributed by atoms with van der Waals surface area (Å²) < 4.78 is 11.2. The fourth-order valence-corrected chi connectivity index (χ4v) is 2.39. The number of nitrogens with one attached hydrogen (secondary N) is 1. The van der Waals surface area contributed by atoms with Crippen molar-refractivity contribution in [2.24, 2.45) is 0 Å². The molecule has 124 valence electrons. The minimum absolute atomic E-state index is 0.706. The van der Waals surface area contributed by atoms with E-state index in [0.717, 1.165) is 44.0 Å². The first-order valence-electron chi connectivity index (χ1n) is 8.46. The summed E-state index contributed by atoms with van der Waals surface area (Å²) in [6, 6.07) is 16.6. The van der Waals surface area contributed by atoms with Gasteiger partial charge in [-0.2, -0.15) is 0 Å². The molecule has 0 unspecified atom stereocenters. The van der Waals surface area contributed by atoms with Gasteiger partial charge in [-0.25, -0.2) is 0 Å². The van der Waals surface area contributed by atoms with Crippen molar-refractivity contribution in [2.45, 2.75) is 33.2 Å². The average molecular weight is 313 g/mol. The topological polar surface area (TPSA) is 30.5 Å². The molecule has 0 saturated carbocycles. The largest absolute Gasteiger partial charge is 0.494 e. The van der Waals surface area contributed by atoms with Gasteiger partial charge in [0.2, 0.25) is 0 Å². The van der Waals surface area contributed by atoms with Gasteiger partial charge in [0, 0.05) is 6.54 Å². The van der Waals surface area contributed by atoms with Gasteiger partial charge >= 0.3 is 0 Å². The van der Waals surface area contributed by atoms with E-state index in [-0.39, 0.29) is 0 Å². The molecule has 0 heterocycles. The second kappa shape index (κ2) is 9.90. The molecule has 0 aliphatic heterocycles. The lowest BCUT2D eigenvalue weighted by molar-refractivity contribution is 0.317. The van der Waals surface area contributed by atoms with E-state index in [9.17, 15) is 0 Å². The molecule has 23 heavy (non-hydrogen) atoms. The first kappa shape index (κ1) is 17.4. The molecule has 0 saturated heterocycles. The lowest BCUT2D eigenvalue weighted by Gasteiger charge is -2.09. The predicted molar refractivity (Wildman–Crippen MR) is 95.2 cm³/mol. The molecule has 2 aromatic carbocycles. The van der Waals surface area contributed by atoms with Gasteiger partial charge < -0.3 is 14.8 Å². The van der Waals surface area contributed by atoms with Crippen molar-refractivity contribution in [3.8, 4) is 11.5 Å². The summed E-state index contributed by atoms with van der Waals surface area (Å²) in [6.45, 7) is 7.40.